The van der Waals surface area contributed by atoms with E-state index in [1.807, 2.05) is 0 Å². The molecule has 5 rings (SSSR count). The number of likely N-dealkylation sites (tertiary alicyclic amines) is 1. The molecule has 1 saturated carbocycles. The molecular weight excluding hydrogens is 481 g/mol. The Bertz CT molecular complexity index is 1150. The Morgan fingerprint density at radius 1 is 1.11 bits per heavy atom. The lowest BCUT2D eigenvalue weighted by molar-refractivity contribution is -0.137. The zero-order chi connectivity index (χ0) is 27.3. The van der Waals surface area contributed by atoms with E-state index in [9.17, 15) is 13.2 Å². The highest BCUT2D eigenvalue weighted by molar-refractivity contribution is 5.65. The van der Waals surface area contributed by atoms with E-state index >= 15 is 8.78 Å². The van der Waals surface area contributed by atoms with E-state index in [1.54, 1.807) is 6.92 Å². The molecule has 36 heavy (non-hydrogen) atoms. The largest absolute Gasteiger partial charge is 0.417 e. The Morgan fingerprint density at radius 3 is 2.44 bits per heavy atom. The topological polar surface area (TPSA) is 63.2 Å². The van der Waals surface area contributed by atoms with Crippen LogP contribution >= 0.6 is 0 Å². The summed E-state index contributed by atoms with van der Waals surface area (Å²) in [5.41, 5.74) is -0.292. The van der Waals surface area contributed by atoms with Crippen molar-refractivity contribution in [2.45, 2.75) is 50.7 Å². The fourth-order valence-corrected chi connectivity index (χ4v) is 5.67. The van der Waals surface area contributed by atoms with Gasteiger partial charge in [-0.2, -0.15) is 13.2 Å². The van der Waals surface area contributed by atoms with Crippen LogP contribution in [0.2, 0.25) is 0 Å². The number of rotatable bonds is 6. The number of fused-ring (bicyclic) bond motifs is 1. The van der Waals surface area contributed by atoms with Crippen molar-refractivity contribution in [3.63, 3.8) is 0 Å². The third-order valence-electron chi connectivity index (χ3n) is 7.52. The summed E-state index contributed by atoms with van der Waals surface area (Å²) >= 11 is 0. The molecule has 2 saturated heterocycles. The van der Waals surface area contributed by atoms with Gasteiger partial charge in [-0.1, -0.05) is 0 Å². The van der Waals surface area contributed by atoms with E-state index < -0.39 is 30.1 Å². The molecule has 2 aromatic rings. The van der Waals surface area contributed by atoms with Crippen LogP contribution in [0.1, 0.15) is 39.6 Å². The molecule has 0 bridgehead atoms. The smallest absolute Gasteiger partial charge is 0.381 e. The maximum Gasteiger partial charge on any atom is 0.417 e. The summed E-state index contributed by atoms with van der Waals surface area (Å²) in [4.78, 5) is 5.11. The third kappa shape index (κ3) is 5.32. The molecule has 1 aliphatic carbocycles. The first-order valence-corrected chi connectivity index (χ1v) is 12.2. The van der Waals surface area contributed by atoms with Gasteiger partial charge in [-0.05, 0) is 62.1 Å². The molecule has 196 valence electrons. The summed E-state index contributed by atoms with van der Waals surface area (Å²) in [7, 11) is 0. The Kier molecular flexibility index (Phi) is 6.21. The second-order valence-corrected chi connectivity index (χ2v) is 10.0. The minimum Gasteiger partial charge on any atom is -0.381 e. The van der Waals surface area contributed by atoms with Crippen molar-refractivity contribution in [2.75, 3.05) is 38.1 Å². The highest BCUT2D eigenvalue weighted by Gasteiger charge is 2.47. The molecule has 0 spiro atoms. The van der Waals surface area contributed by atoms with Gasteiger partial charge in [0.1, 0.15) is 0 Å². The summed E-state index contributed by atoms with van der Waals surface area (Å²) in [6, 6.07) is 2.42. The Labute approximate surface area is 209 Å². The predicted molar refractivity (Wildman–Crippen MR) is 124 cm³/mol. The fourth-order valence-electron chi connectivity index (χ4n) is 5.67. The highest BCUT2D eigenvalue weighted by atomic mass is 19.4. The molecule has 3 fully saturated rings. The van der Waals surface area contributed by atoms with E-state index in [0.29, 0.717) is 24.2 Å². The van der Waals surface area contributed by atoms with Gasteiger partial charge in [0.15, 0.2) is 5.82 Å². The number of hydrogen-bond acceptors (Lipinski definition) is 6. The van der Waals surface area contributed by atoms with Gasteiger partial charge < -0.3 is 10.1 Å². The van der Waals surface area contributed by atoms with Gasteiger partial charge in [-0.15, -0.1) is 10.2 Å². The average molecular weight is 514 g/mol. The van der Waals surface area contributed by atoms with Crippen molar-refractivity contribution in [3.8, 4) is 11.3 Å². The normalized spacial score (nSPS) is 27.0. The van der Waals surface area contributed by atoms with Crippen LogP contribution in [0.4, 0.5) is 27.8 Å². The number of halogens is 5. The van der Waals surface area contributed by atoms with Crippen LogP contribution in [0.3, 0.4) is 0 Å². The van der Waals surface area contributed by atoms with Gasteiger partial charge in [0.25, 0.3) is 5.92 Å². The van der Waals surface area contributed by atoms with Crippen molar-refractivity contribution >= 4 is 5.82 Å². The predicted octanol–water partition coefficient (Wildman–Crippen LogP) is 5.05. The van der Waals surface area contributed by atoms with E-state index in [1.165, 1.54) is 11.0 Å². The summed E-state index contributed by atoms with van der Waals surface area (Å²) in [5.74, 6) is -3.93. The quantitative estimate of drug-likeness (QED) is 0.546. The molecule has 4 heterocycles. The second kappa shape index (κ2) is 9.81. The van der Waals surface area contributed by atoms with Crippen molar-refractivity contribution < 1.29 is 29.4 Å². The second-order valence-electron chi connectivity index (χ2n) is 10.0. The molecule has 1 N–H and O–H groups in total. The first-order valence-electron chi connectivity index (χ1n) is 13.2. The lowest BCUT2D eigenvalue weighted by Crippen LogP contribution is -2.43. The minimum atomic E-state index is -4.55. The van der Waals surface area contributed by atoms with Gasteiger partial charge in [0.05, 0.1) is 17.8 Å². The number of aromatic nitrogens is 3. The number of aryl methyl sites for hydroxylation is 1. The summed E-state index contributed by atoms with van der Waals surface area (Å²) < 4.78 is 92.4. The van der Waals surface area contributed by atoms with Crippen LogP contribution in [-0.4, -0.2) is 64.8 Å². The van der Waals surface area contributed by atoms with Gasteiger partial charge in [-0.3, -0.25) is 9.88 Å². The first kappa shape index (κ1) is 22.8. The van der Waals surface area contributed by atoms with Crippen molar-refractivity contribution in [3.05, 3.63) is 35.7 Å². The molecule has 2 atom stereocenters. The standard InChI is InChI=1S/C25H30F5N5O/c1-15-8-22(20-11-31-5-2-21(20)25(28,29)30)33-34-23(15)32-19-9-16-12-35(13-17(16)10-19)14-24(26,27)18-3-6-36-7-4-18/h2,5,8,11,16-19H,3-4,6-7,9-10,12-14H2,1H3,(H,32,34)/i14D2. The molecule has 6 nitrogen and oxygen atoms in total. The van der Waals surface area contributed by atoms with E-state index in [-0.39, 0.29) is 68.3 Å². The number of nitrogens with zero attached hydrogens (tertiary/aromatic N) is 4. The Morgan fingerprint density at radius 2 is 1.81 bits per heavy atom. The maximum atomic E-state index is 15.2. The highest BCUT2D eigenvalue weighted by Crippen LogP contribution is 2.42. The average Bonchev–Trinajstić information content (AvgIpc) is 3.44. The van der Waals surface area contributed by atoms with Crippen LogP contribution in [0, 0.1) is 24.7 Å². The number of pyridine rings is 1. The van der Waals surface area contributed by atoms with Gasteiger partial charge in [-0.25, -0.2) is 8.78 Å². The third-order valence-corrected chi connectivity index (χ3v) is 7.52. The lowest BCUT2D eigenvalue weighted by Gasteiger charge is -2.33. The molecule has 3 aliphatic rings. The molecule has 2 unspecified atom stereocenters. The number of anilines is 1. The summed E-state index contributed by atoms with van der Waals surface area (Å²) in [6.07, 6.45) is -0.739. The zero-order valence-electron chi connectivity index (χ0n) is 21.9. The zero-order valence-corrected chi connectivity index (χ0v) is 19.9. The van der Waals surface area contributed by atoms with Crippen molar-refractivity contribution in [1.29, 1.82) is 0 Å². The van der Waals surface area contributed by atoms with E-state index in [2.05, 4.69) is 20.5 Å². The molecular formula is C25H30F5N5O. The lowest BCUT2D eigenvalue weighted by atomic mass is 9.92. The summed E-state index contributed by atoms with van der Waals surface area (Å²) in [6.45, 7) is -0.0524. The molecule has 2 aromatic heterocycles. The number of hydrogen-bond donors (Lipinski definition) is 1. The van der Waals surface area contributed by atoms with Crippen LogP contribution < -0.4 is 5.32 Å². The maximum absolute atomic E-state index is 15.2. The Hall–Kier alpha value is -2.40. The first-order chi connectivity index (χ1) is 17.9. The molecule has 0 radical (unpaired) electrons. The van der Waals surface area contributed by atoms with Gasteiger partial charge >= 0.3 is 6.18 Å². The molecule has 2 aliphatic heterocycles. The van der Waals surface area contributed by atoms with E-state index in [0.717, 1.165) is 18.5 Å². The van der Waals surface area contributed by atoms with Crippen LogP contribution in [0.25, 0.3) is 11.3 Å². The number of ether oxygens (including phenoxy) is 1. The fraction of sp³-hybridized carbons (Fsp3) is 0.640. The number of nitrogens with one attached hydrogen (secondary N) is 1. The van der Waals surface area contributed by atoms with Crippen molar-refractivity contribution in [1.82, 2.24) is 20.1 Å². The van der Waals surface area contributed by atoms with Crippen LogP contribution in [-0.2, 0) is 10.9 Å². The monoisotopic (exact) mass is 513 g/mol. The van der Waals surface area contributed by atoms with Crippen LogP contribution in [0.5, 0.6) is 0 Å². The molecule has 0 aromatic carbocycles. The molecule has 11 heteroatoms. The molecule has 0 amide bonds. The van der Waals surface area contributed by atoms with Gasteiger partial charge in [0, 0.05) is 59.0 Å². The Balaban J connectivity index is 1.23. The summed E-state index contributed by atoms with van der Waals surface area (Å²) in [5, 5.41) is 11.5. The minimum absolute atomic E-state index is 0.0167. The van der Waals surface area contributed by atoms with Crippen molar-refractivity contribution in [2.24, 2.45) is 17.8 Å². The van der Waals surface area contributed by atoms with Crippen LogP contribution in [0.15, 0.2) is 24.5 Å². The SMILES string of the molecule is [2H]C([2H])(N1CC2CC(Nc3nnc(-c4cnccc4C(F)(F)F)cc3C)CC2C1)C(F)(F)C1CCOCC1. The number of alkyl halides is 5. The van der Waals surface area contributed by atoms with E-state index in [4.69, 9.17) is 7.48 Å². The van der Waals surface area contributed by atoms with Gasteiger partial charge in [0.2, 0.25) is 0 Å².